The fraction of sp³-hybridized carbons (Fsp3) is 0.222. The van der Waals surface area contributed by atoms with Crippen LogP contribution in [0, 0.1) is 5.95 Å². The molecule has 10 nitrogen and oxygen atoms in total. The van der Waals surface area contributed by atoms with E-state index in [2.05, 4.69) is 15.3 Å². The highest BCUT2D eigenvalue weighted by Gasteiger charge is 2.26. The van der Waals surface area contributed by atoms with Gasteiger partial charge in [0.15, 0.2) is 15.0 Å². The first kappa shape index (κ1) is 30.5. The van der Waals surface area contributed by atoms with E-state index in [4.69, 9.17) is 13.8 Å². The van der Waals surface area contributed by atoms with Gasteiger partial charge < -0.3 is 13.8 Å². The second-order valence-corrected chi connectivity index (χ2v) is 13.6. The van der Waals surface area contributed by atoms with Crippen molar-refractivity contribution in [1.82, 2.24) is 9.97 Å². The number of thiazole rings is 1. The Balaban J connectivity index is 1.61. The van der Waals surface area contributed by atoms with E-state index in [1.165, 1.54) is 42.6 Å². The molecule has 4 aromatic rings. The fourth-order valence-corrected chi connectivity index (χ4v) is 6.82. The number of hydrogen-bond donors (Lipinski definition) is 1. The minimum Gasteiger partial charge on any atom is -0.457 e. The molecule has 0 saturated heterocycles. The molecule has 2 aromatic heterocycles. The van der Waals surface area contributed by atoms with Crippen molar-refractivity contribution in [1.29, 1.82) is 0 Å². The Hall–Kier alpha value is -3.48. The van der Waals surface area contributed by atoms with Gasteiger partial charge in [-0.25, -0.2) is 18.4 Å². The molecule has 1 amide bonds. The summed E-state index contributed by atoms with van der Waals surface area (Å²) in [5.41, 5.74) is 1.58. The number of amides is 1. The molecule has 0 atom stereocenters. The lowest BCUT2D eigenvalue weighted by molar-refractivity contribution is 0.102. The van der Waals surface area contributed by atoms with Crippen LogP contribution in [0.3, 0.4) is 0 Å². The molecule has 0 radical (unpaired) electrons. The van der Waals surface area contributed by atoms with Crippen LogP contribution in [0.25, 0.3) is 11.1 Å². The molecule has 4 rings (SSSR count). The molecule has 0 unspecified atom stereocenters. The van der Waals surface area contributed by atoms with Crippen LogP contribution < -0.4 is 10.1 Å². The van der Waals surface area contributed by atoms with Crippen LogP contribution in [0.1, 0.15) is 29.9 Å². The minimum atomic E-state index is -3.39. The van der Waals surface area contributed by atoms with E-state index in [9.17, 15) is 22.2 Å². The highest BCUT2D eigenvalue weighted by molar-refractivity contribution is 7.90. The largest absolute Gasteiger partial charge is 0.457 e. The van der Waals surface area contributed by atoms with Crippen LogP contribution in [-0.4, -0.2) is 43.8 Å². The molecule has 0 aliphatic heterocycles. The number of sulfone groups is 1. The zero-order chi connectivity index (χ0) is 29.6. The molecule has 0 bridgehead atoms. The highest BCUT2D eigenvalue weighted by Crippen LogP contribution is 2.51. The summed E-state index contributed by atoms with van der Waals surface area (Å²) in [4.78, 5) is 21.3. The Morgan fingerprint density at radius 1 is 1.00 bits per heavy atom. The van der Waals surface area contributed by atoms with Crippen LogP contribution in [0.4, 0.5) is 9.52 Å². The summed E-state index contributed by atoms with van der Waals surface area (Å²) in [5.74, 6) is -0.620. The Morgan fingerprint density at radius 3 is 2.34 bits per heavy atom. The quantitative estimate of drug-likeness (QED) is 0.138. The van der Waals surface area contributed by atoms with Crippen molar-refractivity contribution in [3.8, 4) is 22.6 Å². The molecule has 14 heteroatoms. The Kier molecular flexibility index (Phi) is 9.67. The van der Waals surface area contributed by atoms with Crippen LogP contribution in [0.5, 0.6) is 11.5 Å². The van der Waals surface area contributed by atoms with Crippen LogP contribution in [-0.2, 0) is 29.6 Å². The van der Waals surface area contributed by atoms with Gasteiger partial charge in [-0.2, -0.15) is 4.39 Å². The van der Waals surface area contributed by atoms with Crippen LogP contribution in [0.15, 0.2) is 71.1 Å². The molecule has 0 spiro atoms. The standard InChI is InChI=1S/C27H27FN3O7PS2/c1-4-36-39(33,37-5-2)16-21-17-40-27(30-21)31-26(32)20-12-19(18-10-11-29-25(28)15-18)13-23(14-20)38-22-6-8-24(9-7-22)41(3,34)35/h6-15,17H,4-5,16H2,1-3H3,(H,30,31,32). The van der Waals surface area contributed by atoms with Gasteiger partial charge in [-0.05, 0) is 73.5 Å². The van der Waals surface area contributed by atoms with Gasteiger partial charge in [-0.15, -0.1) is 11.3 Å². The van der Waals surface area contributed by atoms with Gasteiger partial charge in [0.05, 0.1) is 30.0 Å². The predicted octanol–water partition coefficient (Wildman–Crippen LogP) is 6.56. The molecule has 0 aliphatic carbocycles. The minimum absolute atomic E-state index is 0.0414. The summed E-state index contributed by atoms with van der Waals surface area (Å²) in [6.45, 7) is 3.87. The second kappa shape index (κ2) is 13.0. The van der Waals surface area contributed by atoms with E-state index in [0.717, 1.165) is 17.6 Å². The van der Waals surface area contributed by atoms with E-state index >= 15 is 0 Å². The maximum absolute atomic E-state index is 13.9. The van der Waals surface area contributed by atoms with Gasteiger partial charge in [0.25, 0.3) is 5.91 Å². The Bertz CT molecular complexity index is 1690. The summed E-state index contributed by atoms with van der Waals surface area (Å²) < 4.78 is 66.8. The third-order valence-electron chi connectivity index (χ3n) is 5.50. The summed E-state index contributed by atoms with van der Waals surface area (Å²) in [5, 5.41) is 4.65. The van der Waals surface area contributed by atoms with Crippen molar-refractivity contribution in [2.24, 2.45) is 0 Å². The lowest BCUT2D eigenvalue weighted by Gasteiger charge is -2.15. The van der Waals surface area contributed by atoms with Crippen molar-refractivity contribution < 1.29 is 36.0 Å². The third-order valence-corrected chi connectivity index (χ3v) is 9.45. The number of aromatic nitrogens is 2. The molecule has 2 aromatic carbocycles. The van der Waals surface area contributed by atoms with Crippen molar-refractivity contribution in [2.75, 3.05) is 24.8 Å². The number of hydrogen-bond acceptors (Lipinski definition) is 10. The van der Waals surface area contributed by atoms with Gasteiger partial charge in [0.1, 0.15) is 11.5 Å². The van der Waals surface area contributed by atoms with E-state index < -0.39 is 29.3 Å². The number of anilines is 1. The average molecular weight is 620 g/mol. The molecule has 216 valence electrons. The third kappa shape index (κ3) is 8.27. The van der Waals surface area contributed by atoms with Crippen LogP contribution in [0.2, 0.25) is 0 Å². The summed E-state index contributed by atoms with van der Waals surface area (Å²) in [6.07, 6.45) is 2.37. The van der Waals surface area contributed by atoms with Gasteiger partial charge in [-0.1, -0.05) is 0 Å². The van der Waals surface area contributed by atoms with Gasteiger partial charge >= 0.3 is 7.60 Å². The van der Waals surface area contributed by atoms with Gasteiger partial charge in [-0.3, -0.25) is 14.7 Å². The number of nitrogens with one attached hydrogen (secondary N) is 1. The molecule has 41 heavy (non-hydrogen) atoms. The molecular formula is C27H27FN3O7PS2. The second-order valence-electron chi connectivity index (χ2n) is 8.66. The van der Waals surface area contributed by atoms with Gasteiger partial charge in [0.2, 0.25) is 5.95 Å². The number of ether oxygens (including phenoxy) is 1. The molecule has 0 aliphatic rings. The monoisotopic (exact) mass is 619 g/mol. The summed E-state index contributed by atoms with van der Waals surface area (Å²) in [7, 11) is -6.76. The van der Waals surface area contributed by atoms with Crippen molar-refractivity contribution in [3.63, 3.8) is 0 Å². The van der Waals surface area contributed by atoms with Crippen LogP contribution >= 0.6 is 18.9 Å². The van der Waals surface area contributed by atoms with Crippen molar-refractivity contribution >= 4 is 39.8 Å². The normalized spacial score (nSPS) is 11.8. The summed E-state index contributed by atoms with van der Waals surface area (Å²) in [6, 6.07) is 13.3. The number of carbonyl (C=O) groups is 1. The number of pyridine rings is 1. The van der Waals surface area contributed by atoms with Crippen molar-refractivity contribution in [2.45, 2.75) is 24.9 Å². The average Bonchev–Trinajstić information content (AvgIpc) is 3.34. The molecular weight excluding hydrogens is 592 g/mol. The SMILES string of the molecule is CCOP(=O)(Cc1csc(NC(=O)c2cc(Oc3ccc(S(C)(=O)=O)cc3)cc(-c3ccnc(F)c3)c2)n1)OCC. The first-order valence-corrected chi connectivity index (χ1v) is 16.9. The first-order valence-electron chi connectivity index (χ1n) is 12.4. The van der Waals surface area contributed by atoms with E-state index in [-0.39, 0.29) is 40.7 Å². The Morgan fingerprint density at radius 2 is 1.71 bits per heavy atom. The highest BCUT2D eigenvalue weighted by atomic mass is 32.2. The fourth-order valence-electron chi connectivity index (χ4n) is 3.76. The maximum atomic E-state index is 13.9. The number of rotatable bonds is 12. The number of carbonyl (C=O) groups excluding carboxylic acids is 1. The van der Waals surface area contributed by atoms with Gasteiger partial charge in [0, 0.05) is 29.5 Å². The topological polar surface area (TPSA) is 134 Å². The van der Waals surface area contributed by atoms with Crippen molar-refractivity contribution in [3.05, 3.63) is 83.4 Å². The zero-order valence-electron chi connectivity index (χ0n) is 22.4. The Labute approximate surface area is 241 Å². The number of nitrogens with zero attached hydrogens (tertiary/aromatic N) is 2. The lowest BCUT2D eigenvalue weighted by atomic mass is 10.0. The predicted molar refractivity (Wildman–Crippen MR) is 154 cm³/mol. The lowest BCUT2D eigenvalue weighted by Crippen LogP contribution is -2.12. The smallest absolute Gasteiger partial charge is 0.336 e. The zero-order valence-corrected chi connectivity index (χ0v) is 24.9. The molecule has 0 fully saturated rings. The first-order chi connectivity index (χ1) is 19.5. The number of halogens is 1. The van der Waals surface area contributed by atoms with E-state index in [1.807, 2.05) is 0 Å². The van der Waals surface area contributed by atoms with E-state index in [0.29, 0.717) is 22.6 Å². The molecule has 1 N–H and O–H groups in total. The molecule has 0 saturated carbocycles. The molecule has 2 heterocycles. The number of benzene rings is 2. The maximum Gasteiger partial charge on any atom is 0.336 e. The van der Waals surface area contributed by atoms with E-state index in [1.54, 1.807) is 37.4 Å². The summed E-state index contributed by atoms with van der Waals surface area (Å²) >= 11 is 1.15.